The highest BCUT2D eigenvalue weighted by Gasteiger charge is 2.15. The molecular formula is C13H20OSi. The minimum Gasteiger partial charge on any atom is -0.382 e. The number of hydrogen-bond donors (Lipinski definition) is 0. The highest BCUT2D eigenvalue weighted by atomic mass is 28.2. The lowest BCUT2D eigenvalue weighted by atomic mass is 10.2. The summed E-state index contributed by atoms with van der Waals surface area (Å²) in [5.41, 5.74) is 3.44. The molecule has 1 heterocycles. The molecular weight excluding hydrogens is 200 g/mol. The molecule has 1 nitrogen and oxygen atoms in total. The second kappa shape index (κ2) is 4.95. The van der Waals surface area contributed by atoms with Gasteiger partial charge in [0.2, 0.25) is 0 Å². The van der Waals surface area contributed by atoms with Crippen LogP contribution in [0.4, 0.5) is 0 Å². The van der Waals surface area contributed by atoms with Gasteiger partial charge < -0.3 is 4.74 Å². The number of aryl methyl sites for hydroxylation is 2. The molecule has 0 aliphatic carbocycles. The summed E-state index contributed by atoms with van der Waals surface area (Å²) in [7, 11) is -0.224. The lowest BCUT2D eigenvalue weighted by Crippen LogP contribution is -2.34. The molecule has 1 aliphatic rings. The lowest BCUT2D eigenvalue weighted by molar-refractivity contribution is 0.0660. The van der Waals surface area contributed by atoms with Crippen LogP contribution in [0.5, 0.6) is 0 Å². The third-order valence-electron chi connectivity index (χ3n) is 3.22. The molecule has 15 heavy (non-hydrogen) atoms. The van der Waals surface area contributed by atoms with Crippen LogP contribution in [0.15, 0.2) is 18.2 Å². The summed E-state index contributed by atoms with van der Waals surface area (Å²) in [6.45, 7) is 5.39. The van der Waals surface area contributed by atoms with Crippen LogP contribution in [-0.4, -0.2) is 21.9 Å². The SMILES string of the molecule is Cc1ccc([SiH2]C2CCCCO2)c(C)c1. The fourth-order valence-electron chi connectivity index (χ4n) is 2.29. The molecule has 1 unspecified atom stereocenters. The molecule has 1 fully saturated rings. The van der Waals surface area contributed by atoms with Gasteiger partial charge in [0, 0.05) is 12.3 Å². The van der Waals surface area contributed by atoms with Crippen molar-refractivity contribution in [3.8, 4) is 0 Å². The third-order valence-corrected chi connectivity index (χ3v) is 5.55. The summed E-state index contributed by atoms with van der Waals surface area (Å²) in [6, 6.07) is 6.85. The van der Waals surface area contributed by atoms with E-state index in [0.29, 0.717) is 5.73 Å². The smallest absolute Gasteiger partial charge is 0.0890 e. The largest absolute Gasteiger partial charge is 0.382 e. The molecule has 2 heteroatoms. The van der Waals surface area contributed by atoms with Crippen LogP contribution in [0.3, 0.4) is 0 Å². The Hall–Kier alpha value is -0.603. The van der Waals surface area contributed by atoms with Crippen molar-refractivity contribution in [2.45, 2.75) is 38.8 Å². The summed E-state index contributed by atoms with van der Waals surface area (Å²) in [5, 5.41) is 1.59. The number of ether oxygens (including phenoxy) is 1. The van der Waals surface area contributed by atoms with E-state index in [0.717, 1.165) is 6.61 Å². The summed E-state index contributed by atoms with van der Waals surface area (Å²) >= 11 is 0. The van der Waals surface area contributed by atoms with Crippen molar-refractivity contribution in [3.63, 3.8) is 0 Å². The predicted molar refractivity (Wildman–Crippen MR) is 67.7 cm³/mol. The highest BCUT2D eigenvalue weighted by molar-refractivity contribution is 6.55. The van der Waals surface area contributed by atoms with Gasteiger partial charge in [0.15, 0.2) is 0 Å². The normalized spacial score (nSPS) is 22.4. The van der Waals surface area contributed by atoms with E-state index in [1.54, 1.807) is 5.19 Å². The monoisotopic (exact) mass is 220 g/mol. The lowest BCUT2D eigenvalue weighted by Gasteiger charge is -2.23. The Morgan fingerprint density at radius 1 is 1.27 bits per heavy atom. The van der Waals surface area contributed by atoms with Crippen molar-refractivity contribution >= 4 is 14.7 Å². The zero-order valence-electron chi connectivity index (χ0n) is 9.75. The van der Waals surface area contributed by atoms with Crippen molar-refractivity contribution in [1.82, 2.24) is 0 Å². The molecule has 2 rings (SSSR count). The van der Waals surface area contributed by atoms with E-state index in [9.17, 15) is 0 Å². The molecule has 0 aromatic heterocycles. The van der Waals surface area contributed by atoms with Gasteiger partial charge in [-0.3, -0.25) is 0 Å². The summed E-state index contributed by atoms with van der Waals surface area (Å²) < 4.78 is 5.83. The maximum Gasteiger partial charge on any atom is 0.0890 e. The first-order chi connectivity index (χ1) is 7.25. The van der Waals surface area contributed by atoms with E-state index in [1.165, 1.54) is 30.4 Å². The van der Waals surface area contributed by atoms with Gasteiger partial charge in [-0.05, 0) is 33.1 Å². The molecule has 1 aliphatic heterocycles. The van der Waals surface area contributed by atoms with Crippen molar-refractivity contribution in [2.24, 2.45) is 0 Å². The summed E-state index contributed by atoms with van der Waals surface area (Å²) in [4.78, 5) is 0. The third kappa shape index (κ3) is 2.92. The Morgan fingerprint density at radius 3 is 2.80 bits per heavy atom. The van der Waals surface area contributed by atoms with Gasteiger partial charge >= 0.3 is 0 Å². The van der Waals surface area contributed by atoms with E-state index < -0.39 is 0 Å². The van der Waals surface area contributed by atoms with Crippen molar-refractivity contribution in [2.75, 3.05) is 6.61 Å². The molecule has 0 radical (unpaired) electrons. The van der Waals surface area contributed by atoms with Crippen molar-refractivity contribution < 1.29 is 4.74 Å². The number of hydrogen-bond acceptors (Lipinski definition) is 1. The van der Waals surface area contributed by atoms with Crippen molar-refractivity contribution in [3.05, 3.63) is 29.3 Å². The van der Waals surface area contributed by atoms with Gasteiger partial charge in [-0.1, -0.05) is 34.5 Å². The molecule has 0 spiro atoms. The van der Waals surface area contributed by atoms with Crippen LogP contribution in [0.1, 0.15) is 30.4 Å². The molecule has 1 saturated heterocycles. The quantitative estimate of drug-likeness (QED) is 0.688. The fraction of sp³-hybridized carbons (Fsp3) is 0.538. The average molecular weight is 220 g/mol. The van der Waals surface area contributed by atoms with Crippen LogP contribution >= 0.6 is 0 Å². The van der Waals surface area contributed by atoms with E-state index in [-0.39, 0.29) is 9.52 Å². The summed E-state index contributed by atoms with van der Waals surface area (Å²) in [6.07, 6.45) is 3.92. The van der Waals surface area contributed by atoms with Gasteiger partial charge in [0.05, 0.1) is 9.52 Å². The predicted octanol–water partition coefficient (Wildman–Crippen LogP) is 1.62. The van der Waals surface area contributed by atoms with Gasteiger partial charge in [0.1, 0.15) is 0 Å². The first kappa shape index (κ1) is 10.9. The van der Waals surface area contributed by atoms with E-state index >= 15 is 0 Å². The Morgan fingerprint density at radius 2 is 2.13 bits per heavy atom. The molecule has 0 saturated carbocycles. The Kier molecular flexibility index (Phi) is 3.60. The second-order valence-electron chi connectivity index (χ2n) is 4.62. The van der Waals surface area contributed by atoms with Crippen LogP contribution in [-0.2, 0) is 4.74 Å². The maximum atomic E-state index is 5.83. The van der Waals surface area contributed by atoms with Crippen LogP contribution < -0.4 is 5.19 Å². The zero-order chi connectivity index (χ0) is 10.7. The average Bonchev–Trinajstić information content (AvgIpc) is 2.24. The molecule has 82 valence electrons. The van der Waals surface area contributed by atoms with E-state index in [2.05, 4.69) is 32.0 Å². The molecule has 0 amide bonds. The van der Waals surface area contributed by atoms with Crippen LogP contribution in [0.2, 0.25) is 0 Å². The second-order valence-corrected chi connectivity index (χ2v) is 6.70. The molecule has 1 aromatic carbocycles. The molecule has 1 atom stereocenters. The van der Waals surface area contributed by atoms with Crippen LogP contribution in [0.25, 0.3) is 0 Å². The highest BCUT2D eigenvalue weighted by Crippen LogP contribution is 2.12. The zero-order valence-corrected chi connectivity index (χ0v) is 11.2. The summed E-state index contributed by atoms with van der Waals surface area (Å²) in [5.74, 6) is 0. The minimum absolute atomic E-state index is 0.224. The van der Waals surface area contributed by atoms with Crippen LogP contribution in [0, 0.1) is 13.8 Å². The van der Waals surface area contributed by atoms with Gasteiger partial charge in [-0.15, -0.1) is 0 Å². The van der Waals surface area contributed by atoms with E-state index in [4.69, 9.17) is 4.74 Å². The fourth-order valence-corrected chi connectivity index (χ4v) is 4.23. The Labute approximate surface area is 94.7 Å². The Bertz CT molecular complexity index is 329. The minimum atomic E-state index is -0.224. The first-order valence-electron chi connectivity index (χ1n) is 5.93. The molecule has 1 aromatic rings. The van der Waals surface area contributed by atoms with Gasteiger partial charge in [-0.2, -0.15) is 0 Å². The van der Waals surface area contributed by atoms with Crippen molar-refractivity contribution in [1.29, 1.82) is 0 Å². The number of benzene rings is 1. The van der Waals surface area contributed by atoms with Gasteiger partial charge in [0.25, 0.3) is 0 Å². The Balaban J connectivity index is 2.03. The maximum absolute atomic E-state index is 5.83. The number of rotatable bonds is 2. The molecule has 0 bridgehead atoms. The first-order valence-corrected chi connectivity index (χ1v) is 7.46. The standard InChI is InChI=1S/C13H20OSi/c1-10-6-7-12(11(2)9-10)15-13-5-3-4-8-14-13/h6-7,9,13H,3-5,8,15H2,1-2H3. The topological polar surface area (TPSA) is 9.23 Å². The van der Waals surface area contributed by atoms with E-state index in [1.807, 2.05) is 0 Å². The molecule has 0 N–H and O–H groups in total. The van der Waals surface area contributed by atoms with Gasteiger partial charge in [-0.25, -0.2) is 0 Å².